The number of carbonyl (C=O) groups is 1. The predicted molar refractivity (Wildman–Crippen MR) is 89.2 cm³/mol. The summed E-state index contributed by atoms with van der Waals surface area (Å²) < 4.78 is 18.6. The number of fused-ring (bicyclic) bond motifs is 1. The van der Waals surface area contributed by atoms with Gasteiger partial charge in [0.25, 0.3) is 0 Å². The summed E-state index contributed by atoms with van der Waals surface area (Å²) in [5, 5.41) is 6.38. The third-order valence-electron chi connectivity index (χ3n) is 5.86. The first kappa shape index (κ1) is 15.9. The van der Waals surface area contributed by atoms with E-state index in [1.165, 1.54) is 18.6 Å². The molecule has 1 aromatic carbocycles. The third-order valence-corrected chi connectivity index (χ3v) is 5.86. The number of urea groups is 1. The first-order valence-electron chi connectivity index (χ1n) is 9.03. The van der Waals surface area contributed by atoms with Crippen LogP contribution < -0.4 is 10.6 Å². The average Bonchev–Trinajstić information content (AvgIpc) is 3.17. The van der Waals surface area contributed by atoms with Crippen molar-refractivity contribution in [3.63, 3.8) is 0 Å². The van der Waals surface area contributed by atoms with Crippen molar-refractivity contribution >= 4 is 6.03 Å². The topological polar surface area (TPSA) is 50.4 Å². The van der Waals surface area contributed by atoms with Crippen LogP contribution in [0.5, 0.6) is 0 Å². The van der Waals surface area contributed by atoms with Gasteiger partial charge in [-0.1, -0.05) is 12.1 Å². The van der Waals surface area contributed by atoms with Crippen molar-refractivity contribution in [3.8, 4) is 0 Å². The summed E-state index contributed by atoms with van der Waals surface area (Å²) >= 11 is 0. The number of hydrogen-bond donors (Lipinski definition) is 2. The Bertz CT molecular complexity index is 588. The Morgan fingerprint density at radius 3 is 2.46 bits per heavy atom. The zero-order valence-electron chi connectivity index (χ0n) is 13.9. The molecule has 1 aromatic rings. The van der Waals surface area contributed by atoms with Crippen molar-refractivity contribution in [1.82, 2.24) is 10.6 Å². The van der Waals surface area contributed by atoms with E-state index in [2.05, 4.69) is 10.6 Å². The lowest BCUT2D eigenvalue weighted by molar-refractivity contribution is 0.0422. The van der Waals surface area contributed by atoms with Gasteiger partial charge in [0, 0.05) is 19.3 Å². The molecule has 24 heavy (non-hydrogen) atoms. The van der Waals surface area contributed by atoms with Crippen molar-refractivity contribution in [2.75, 3.05) is 13.2 Å². The molecule has 2 N–H and O–H groups in total. The third kappa shape index (κ3) is 3.56. The molecule has 1 heterocycles. The fourth-order valence-electron chi connectivity index (χ4n) is 4.40. The maximum Gasteiger partial charge on any atom is 0.315 e. The van der Waals surface area contributed by atoms with Crippen molar-refractivity contribution in [2.45, 2.75) is 50.1 Å². The summed E-state index contributed by atoms with van der Waals surface area (Å²) in [7, 11) is 0. The average molecular weight is 332 g/mol. The molecule has 1 aliphatic heterocycles. The zero-order chi connectivity index (χ0) is 16.6. The Balaban J connectivity index is 1.40. The first-order chi connectivity index (χ1) is 11.6. The first-order valence-corrected chi connectivity index (χ1v) is 9.03. The molecule has 0 radical (unpaired) electrons. The van der Waals surface area contributed by atoms with E-state index >= 15 is 0 Å². The molecule has 5 heteroatoms. The van der Waals surface area contributed by atoms with E-state index in [9.17, 15) is 9.18 Å². The molecule has 130 valence electrons. The van der Waals surface area contributed by atoms with Crippen molar-refractivity contribution in [1.29, 1.82) is 0 Å². The monoisotopic (exact) mass is 332 g/mol. The number of ether oxygens (including phenoxy) is 1. The molecule has 0 unspecified atom stereocenters. The molecule has 3 aliphatic rings. The highest BCUT2D eigenvalue weighted by Gasteiger charge is 2.46. The maximum absolute atomic E-state index is 13.1. The molecule has 0 aromatic heterocycles. The highest BCUT2D eigenvalue weighted by atomic mass is 19.1. The second kappa shape index (κ2) is 6.36. The van der Waals surface area contributed by atoms with Crippen molar-refractivity contribution < 1.29 is 13.9 Å². The Morgan fingerprint density at radius 2 is 1.79 bits per heavy atom. The minimum atomic E-state index is -0.304. The van der Waals surface area contributed by atoms with Gasteiger partial charge in [0.05, 0.1) is 5.54 Å². The Hall–Kier alpha value is -1.62. The van der Waals surface area contributed by atoms with Crippen LogP contribution in [-0.4, -0.2) is 30.8 Å². The van der Waals surface area contributed by atoms with E-state index in [1.54, 1.807) is 12.1 Å². The fraction of sp³-hybridized carbons (Fsp3) is 0.632. The molecular weight excluding hydrogens is 307 g/mol. The second-order valence-corrected chi connectivity index (χ2v) is 7.72. The number of rotatable bonds is 4. The van der Waals surface area contributed by atoms with Crippen LogP contribution in [0, 0.1) is 17.7 Å². The number of benzene rings is 1. The normalized spacial score (nSPS) is 28.2. The second-order valence-electron chi connectivity index (χ2n) is 7.72. The van der Waals surface area contributed by atoms with Crippen LogP contribution in [0.2, 0.25) is 0 Å². The van der Waals surface area contributed by atoms with Crippen LogP contribution in [0.4, 0.5) is 9.18 Å². The molecule has 2 aliphatic carbocycles. The minimum Gasteiger partial charge on any atom is -0.381 e. The molecule has 1 saturated heterocycles. The molecule has 3 fully saturated rings. The summed E-state index contributed by atoms with van der Waals surface area (Å²) in [6, 6.07) is 6.83. The van der Waals surface area contributed by atoms with Crippen LogP contribution in [0.1, 0.15) is 37.7 Å². The molecule has 2 amide bonds. The Labute approximate surface area is 142 Å². The molecule has 4 rings (SSSR count). The fourth-order valence-corrected chi connectivity index (χ4v) is 4.40. The van der Waals surface area contributed by atoms with E-state index in [-0.39, 0.29) is 17.4 Å². The number of amides is 2. The number of hydrogen-bond acceptors (Lipinski definition) is 2. The molecule has 0 bridgehead atoms. The smallest absolute Gasteiger partial charge is 0.315 e. The van der Waals surface area contributed by atoms with Gasteiger partial charge in [-0.15, -0.1) is 0 Å². The van der Waals surface area contributed by atoms with E-state index in [1.807, 2.05) is 0 Å². The van der Waals surface area contributed by atoms with Gasteiger partial charge < -0.3 is 15.4 Å². The minimum absolute atomic E-state index is 0.0645. The summed E-state index contributed by atoms with van der Waals surface area (Å²) in [4.78, 5) is 12.5. The molecule has 2 saturated carbocycles. The summed E-state index contributed by atoms with van der Waals surface area (Å²) in [6.07, 6.45) is 5.89. The van der Waals surface area contributed by atoms with Gasteiger partial charge >= 0.3 is 6.03 Å². The molecule has 0 spiro atoms. The van der Waals surface area contributed by atoms with Crippen LogP contribution >= 0.6 is 0 Å². The molecular formula is C19H25FN2O2. The van der Waals surface area contributed by atoms with Gasteiger partial charge in [-0.25, -0.2) is 9.18 Å². The molecule has 4 nitrogen and oxygen atoms in total. The van der Waals surface area contributed by atoms with Crippen molar-refractivity contribution in [2.24, 2.45) is 11.8 Å². The summed E-state index contributed by atoms with van der Waals surface area (Å²) in [5.41, 5.74) is 0.738. The van der Waals surface area contributed by atoms with Crippen LogP contribution in [0.3, 0.4) is 0 Å². The predicted octanol–water partition coefficient (Wildman–Crippen LogP) is 3.02. The van der Waals surface area contributed by atoms with E-state index in [0.29, 0.717) is 25.7 Å². The Morgan fingerprint density at radius 1 is 1.12 bits per heavy atom. The van der Waals surface area contributed by atoms with Gasteiger partial charge in [-0.3, -0.25) is 0 Å². The highest BCUT2D eigenvalue weighted by Crippen LogP contribution is 2.51. The number of carbonyl (C=O) groups excluding carboxylic acids is 1. The lowest BCUT2D eigenvalue weighted by Gasteiger charge is -2.38. The Kier molecular flexibility index (Phi) is 4.21. The van der Waals surface area contributed by atoms with Gasteiger partial charge in [-0.05, 0) is 68.1 Å². The molecule has 2 atom stereocenters. The largest absolute Gasteiger partial charge is 0.381 e. The lowest BCUT2D eigenvalue weighted by Crippen LogP contribution is -2.57. The van der Waals surface area contributed by atoms with Crippen molar-refractivity contribution in [3.05, 3.63) is 35.6 Å². The number of nitrogens with one attached hydrogen (secondary N) is 2. The summed E-state index contributed by atoms with van der Waals surface area (Å²) in [5.74, 6) is 1.48. The van der Waals surface area contributed by atoms with Crippen LogP contribution in [0.15, 0.2) is 24.3 Å². The maximum atomic E-state index is 13.1. The zero-order valence-corrected chi connectivity index (χ0v) is 13.9. The van der Waals surface area contributed by atoms with Crippen LogP contribution in [-0.2, 0) is 11.2 Å². The lowest BCUT2D eigenvalue weighted by atomic mass is 9.83. The van der Waals surface area contributed by atoms with Gasteiger partial charge in [0.15, 0.2) is 0 Å². The van der Waals surface area contributed by atoms with E-state index < -0.39 is 0 Å². The van der Waals surface area contributed by atoms with E-state index in [0.717, 1.165) is 43.1 Å². The van der Waals surface area contributed by atoms with E-state index in [4.69, 9.17) is 4.74 Å². The highest BCUT2D eigenvalue weighted by molar-refractivity contribution is 5.75. The summed E-state index contributed by atoms with van der Waals surface area (Å²) in [6.45, 7) is 1.30. The quantitative estimate of drug-likeness (QED) is 0.890. The van der Waals surface area contributed by atoms with Gasteiger partial charge in [0.1, 0.15) is 5.82 Å². The van der Waals surface area contributed by atoms with Gasteiger partial charge in [0.2, 0.25) is 0 Å². The standard InChI is InChI=1S/C19H25FN2O2/c20-16-3-1-13(2-4-16)12-19(5-7-24-8-6-19)22-18(23)21-17-10-14-9-15(14)11-17/h1-4,14-15,17H,5-12H2,(H2,21,22,23)/t14-,15-/m1/s1. The van der Waals surface area contributed by atoms with Crippen LogP contribution in [0.25, 0.3) is 0 Å². The SMILES string of the molecule is O=C(NC1C[C@H]2C[C@@H]2C1)NC1(Cc2ccc(F)cc2)CCOCC1. The van der Waals surface area contributed by atoms with Gasteiger partial charge in [-0.2, -0.15) is 0 Å². The number of halogens is 1.